The van der Waals surface area contributed by atoms with Crippen molar-refractivity contribution in [3.63, 3.8) is 0 Å². The number of phenolic OH excluding ortho intramolecular Hbond substituents is 2. The normalized spacial score (nSPS) is 10.9. The minimum Gasteiger partial charge on any atom is -0.507 e. The number of aromatic nitrogens is 3. The van der Waals surface area contributed by atoms with E-state index in [1.54, 1.807) is 37.4 Å². The first-order valence-corrected chi connectivity index (χ1v) is 9.50. The molecule has 0 aliphatic rings. The zero-order valence-corrected chi connectivity index (χ0v) is 17.0. The second-order valence-corrected chi connectivity index (χ2v) is 7.23. The number of halogens is 1. The van der Waals surface area contributed by atoms with Crippen molar-refractivity contribution in [3.8, 4) is 28.6 Å². The molecule has 9 nitrogen and oxygen atoms in total. The molecular formula is C21H17ClN4O5. The topological polar surface area (TPSA) is 125 Å². The summed E-state index contributed by atoms with van der Waals surface area (Å²) in [6.45, 7) is 0.248. The lowest BCUT2D eigenvalue weighted by molar-refractivity contribution is 0.0782. The lowest BCUT2D eigenvalue weighted by atomic mass is 10.1. The van der Waals surface area contributed by atoms with Gasteiger partial charge in [0.1, 0.15) is 11.5 Å². The maximum Gasteiger partial charge on any atom is 0.348 e. The lowest BCUT2D eigenvalue weighted by Gasteiger charge is -2.18. The third-order valence-corrected chi connectivity index (χ3v) is 5.02. The fourth-order valence-corrected chi connectivity index (χ4v) is 3.42. The van der Waals surface area contributed by atoms with Gasteiger partial charge < -0.3 is 19.5 Å². The van der Waals surface area contributed by atoms with Crippen LogP contribution < -0.4 is 5.69 Å². The highest BCUT2D eigenvalue weighted by molar-refractivity contribution is 6.32. The van der Waals surface area contributed by atoms with Crippen LogP contribution >= 0.6 is 11.6 Å². The molecule has 0 atom stereocenters. The smallest absolute Gasteiger partial charge is 0.348 e. The summed E-state index contributed by atoms with van der Waals surface area (Å²) in [6.07, 6.45) is 3.01. The molecule has 1 amide bonds. The Morgan fingerprint density at radius 1 is 1.23 bits per heavy atom. The van der Waals surface area contributed by atoms with E-state index in [1.807, 2.05) is 0 Å². The van der Waals surface area contributed by atoms with Crippen LogP contribution in [0.3, 0.4) is 0 Å². The number of aromatic amines is 1. The van der Waals surface area contributed by atoms with Crippen LogP contribution in [0.5, 0.6) is 11.5 Å². The molecule has 2 aromatic heterocycles. The van der Waals surface area contributed by atoms with Crippen molar-refractivity contribution in [1.29, 1.82) is 0 Å². The summed E-state index contributed by atoms with van der Waals surface area (Å²) in [6, 6.07) is 10.7. The van der Waals surface area contributed by atoms with E-state index in [0.29, 0.717) is 10.7 Å². The Kier molecular flexibility index (Phi) is 5.26. The quantitative estimate of drug-likeness (QED) is 0.438. The largest absolute Gasteiger partial charge is 0.507 e. The van der Waals surface area contributed by atoms with Crippen molar-refractivity contribution in [2.45, 2.75) is 6.54 Å². The predicted molar refractivity (Wildman–Crippen MR) is 112 cm³/mol. The average molecular weight is 441 g/mol. The summed E-state index contributed by atoms with van der Waals surface area (Å²) in [7, 11) is 1.56. The molecule has 0 saturated carbocycles. The molecule has 3 N–H and O–H groups in total. The highest BCUT2D eigenvalue weighted by Crippen LogP contribution is 2.35. The molecule has 0 unspecified atom stereocenters. The summed E-state index contributed by atoms with van der Waals surface area (Å²) < 4.78 is 6.19. The fraction of sp³-hybridized carbons (Fsp3) is 0.0952. The molecular weight excluding hydrogens is 424 g/mol. The number of nitrogens with zero attached hydrogens (tertiary/aromatic N) is 3. The molecule has 31 heavy (non-hydrogen) atoms. The number of aromatic hydroxyl groups is 2. The zero-order chi connectivity index (χ0) is 22.1. The molecule has 0 aliphatic carbocycles. The summed E-state index contributed by atoms with van der Waals surface area (Å²) in [5.41, 5.74) is 0.529. The number of phenols is 2. The standard InChI is InChI=1S/C21H17ClN4O5/c1-25(10-12-6-7-31-11-12)20(29)14-8-13(17(27)9-18(14)28)19-23-24-21(30)26(19)16-5-3-2-4-15(16)22/h2-9,11,27-28H,10H2,1H3,(H,24,30). The average Bonchev–Trinajstić information content (AvgIpc) is 3.38. The minimum absolute atomic E-state index is 0.0298. The van der Waals surface area contributed by atoms with Gasteiger partial charge in [-0.3, -0.25) is 4.79 Å². The number of amides is 1. The molecule has 0 saturated heterocycles. The van der Waals surface area contributed by atoms with Gasteiger partial charge in [-0.05, 0) is 24.3 Å². The number of para-hydroxylation sites is 1. The second kappa shape index (κ2) is 8.04. The molecule has 158 valence electrons. The summed E-state index contributed by atoms with van der Waals surface area (Å²) in [5.74, 6) is -1.24. The lowest BCUT2D eigenvalue weighted by Crippen LogP contribution is -2.26. The van der Waals surface area contributed by atoms with Crippen LogP contribution in [0.25, 0.3) is 17.1 Å². The molecule has 0 bridgehead atoms. The van der Waals surface area contributed by atoms with Gasteiger partial charge in [0.25, 0.3) is 5.91 Å². The third kappa shape index (κ3) is 3.78. The first kappa shape index (κ1) is 20.3. The molecule has 0 aliphatic heterocycles. The molecule has 2 heterocycles. The fourth-order valence-electron chi connectivity index (χ4n) is 3.20. The molecule has 0 spiro atoms. The highest BCUT2D eigenvalue weighted by Gasteiger charge is 2.23. The van der Waals surface area contributed by atoms with E-state index in [-0.39, 0.29) is 29.2 Å². The van der Waals surface area contributed by atoms with Crippen LogP contribution in [-0.4, -0.2) is 42.8 Å². The summed E-state index contributed by atoms with van der Waals surface area (Å²) in [4.78, 5) is 26.7. The van der Waals surface area contributed by atoms with Gasteiger partial charge >= 0.3 is 5.69 Å². The van der Waals surface area contributed by atoms with E-state index in [9.17, 15) is 19.8 Å². The predicted octanol–water partition coefficient (Wildman–Crippen LogP) is 3.16. The van der Waals surface area contributed by atoms with Crippen molar-refractivity contribution >= 4 is 17.5 Å². The highest BCUT2D eigenvalue weighted by atomic mass is 35.5. The first-order chi connectivity index (χ1) is 14.9. The maximum absolute atomic E-state index is 12.9. The van der Waals surface area contributed by atoms with E-state index in [1.165, 1.54) is 28.1 Å². The van der Waals surface area contributed by atoms with E-state index in [4.69, 9.17) is 16.0 Å². The SMILES string of the molecule is CN(Cc1ccoc1)C(=O)c1cc(-c2n[nH]c(=O)n2-c2ccccc2Cl)c(O)cc1O. The molecule has 0 radical (unpaired) electrons. The van der Waals surface area contributed by atoms with E-state index < -0.39 is 17.3 Å². The van der Waals surface area contributed by atoms with Crippen LogP contribution in [-0.2, 0) is 6.54 Å². The van der Waals surface area contributed by atoms with Crippen LogP contribution in [0.15, 0.2) is 64.2 Å². The number of H-pyrrole nitrogens is 1. The number of nitrogens with one attached hydrogen (secondary N) is 1. The number of hydrogen-bond acceptors (Lipinski definition) is 6. The second-order valence-electron chi connectivity index (χ2n) is 6.82. The van der Waals surface area contributed by atoms with Crippen molar-refractivity contribution < 1.29 is 19.4 Å². The molecule has 10 heteroatoms. The Balaban J connectivity index is 1.79. The maximum atomic E-state index is 12.9. The monoisotopic (exact) mass is 440 g/mol. The van der Waals surface area contributed by atoms with Gasteiger partial charge in [0.05, 0.1) is 34.4 Å². The molecule has 4 rings (SSSR count). The Labute approximate surface area is 180 Å². The molecule has 4 aromatic rings. The Morgan fingerprint density at radius 2 is 2.00 bits per heavy atom. The van der Waals surface area contributed by atoms with Gasteiger partial charge in [-0.15, -0.1) is 0 Å². The molecule has 0 fully saturated rings. The number of carbonyl (C=O) groups is 1. The van der Waals surface area contributed by atoms with Crippen molar-refractivity contribution in [3.05, 3.63) is 81.6 Å². The van der Waals surface area contributed by atoms with E-state index >= 15 is 0 Å². The number of furan rings is 1. The number of benzene rings is 2. The van der Waals surface area contributed by atoms with Crippen molar-refractivity contribution in [1.82, 2.24) is 19.7 Å². The van der Waals surface area contributed by atoms with E-state index in [0.717, 1.165) is 11.6 Å². The minimum atomic E-state index is -0.583. The van der Waals surface area contributed by atoms with E-state index in [2.05, 4.69) is 10.2 Å². The van der Waals surface area contributed by atoms with Gasteiger partial charge in [0.2, 0.25) is 0 Å². The van der Waals surface area contributed by atoms with Crippen LogP contribution in [0.1, 0.15) is 15.9 Å². The zero-order valence-electron chi connectivity index (χ0n) is 16.2. The van der Waals surface area contributed by atoms with Crippen molar-refractivity contribution in [2.75, 3.05) is 7.05 Å². The first-order valence-electron chi connectivity index (χ1n) is 9.12. The number of rotatable bonds is 5. The Hall–Kier alpha value is -3.98. The van der Waals surface area contributed by atoms with Gasteiger partial charge in [-0.25, -0.2) is 14.5 Å². The van der Waals surface area contributed by atoms with Gasteiger partial charge in [0.15, 0.2) is 5.82 Å². The number of carbonyl (C=O) groups excluding carboxylic acids is 1. The Bertz CT molecular complexity index is 1310. The van der Waals surface area contributed by atoms with Gasteiger partial charge in [0, 0.05) is 25.2 Å². The summed E-state index contributed by atoms with van der Waals surface area (Å²) >= 11 is 6.23. The van der Waals surface area contributed by atoms with Crippen LogP contribution in [0, 0.1) is 0 Å². The Morgan fingerprint density at radius 3 is 2.71 bits per heavy atom. The van der Waals surface area contributed by atoms with Crippen molar-refractivity contribution in [2.24, 2.45) is 0 Å². The van der Waals surface area contributed by atoms with Crippen LogP contribution in [0.4, 0.5) is 0 Å². The number of hydrogen-bond donors (Lipinski definition) is 3. The van der Waals surface area contributed by atoms with Crippen LogP contribution in [0.2, 0.25) is 5.02 Å². The van der Waals surface area contributed by atoms with Gasteiger partial charge in [-0.2, -0.15) is 5.10 Å². The molecule has 2 aromatic carbocycles. The third-order valence-electron chi connectivity index (χ3n) is 4.70. The summed E-state index contributed by atoms with van der Waals surface area (Å²) in [5, 5.41) is 27.4. The van der Waals surface area contributed by atoms with Gasteiger partial charge in [-0.1, -0.05) is 23.7 Å².